The molecule has 0 aromatic heterocycles. The van der Waals surface area contributed by atoms with E-state index in [9.17, 15) is 0 Å². The second-order valence-corrected chi connectivity index (χ2v) is 3.27. The molecule has 1 atom stereocenters. The number of nitrogens with one attached hydrogen (secondary N) is 1. The molecule has 0 saturated carbocycles. The van der Waals surface area contributed by atoms with Crippen molar-refractivity contribution in [3.8, 4) is 0 Å². The van der Waals surface area contributed by atoms with Gasteiger partial charge in [0, 0.05) is 13.6 Å². The Balaban J connectivity index is 2.52. The monoisotopic (exact) mass is 188 g/mol. The van der Waals surface area contributed by atoms with E-state index >= 15 is 0 Å². The van der Waals surface area contributed by atoms with E-state index in [2.05, 4.69) is 17.1 Å². The molecule has 0 bridgehead atoms. The summed E-state index contributed by atoms with van der Waals surface area (Å²) in [7, 11) is 1.87. The molecule has 1 aliphatic rings. The van der Waals surface area contributed by atoms with E-state index in [4.69, 9.17) is 17.0 Å². The average Bonchev–Trinajstić information content (AvgIpc) is 2.16. The van der Waals surface area contributed by atoms with Crippen molar-refractivity contribution in [3.63, 3.8) is 0 Å². The van der Waals surface area contributed by atoms with Crippen LogP contribution in [0.25, 0.3) is 0 Å². The summed E-state index contributed by atoms with van der Waals surface area (Å²) in [5.41, 5.74) is 0. The lowest BCUT2D eigenvalue weighted by Gasteiger charge is -2.36. The lowest BCUT2D eigenvalue weighted by atomic mass is 10.2. The van der Waals surface area contributed by atoms with Gasteiger partial charge < -0.3 is 15.0 Å². The second-order valence-electron chi connectivity index (χ2n) is 2.89. The SMILES string of the molecule is CCC1COCCN1C(=S)NC. The number of morpholine rings is 1. The molecule has 0 aromatic rings. The quantitative estimate of drug-likeness (QED) is 0.609. The highest BCUT2D eigenvalue weighted by atomic mass is 32.1. The molecule has 0 aromatic carbocycles. The zero-order chi connectivity index (χ0) is 8.97. The predicted octanol–water partition coefficient (Wildman–Crippen LogP) is 0.601. The van der Waals surface area contributed by atoms with Crippen molar-refractivity contribution in [2.75, 3.05) is 26.8 Å². The number of rotatable bonds is 1. The van der Waals surface area contributed by atoms with Crippen LogP contribution in [0.2, 0.25) is 0 Å². The van der Waals surface area contributed by atoms with Crippen LogP contribution in [0.4, 0.5) is 0 Å². The van der Waals surface area contributed by atoms with Gasteiger partial charge in [0.1, 0.15) is 0 Å². The molecule has 0 aliphatic carbocycles. The number of hydrogen-bond acceptors (Lipinski definition) is 2. The van der Waals surface area contributed by atoms with Crippen molar-refractivity contribution in [2.24, 2.45) is 0 Å². The van der Waals surface area contributed by atoms with Crippen LogP contribution in [0.1, 0.15) is 13.3 Å². The molecule has 3 nitrogen and oxygen atoms in total. The third kappa shape index (κ3) is 2.08. The molecule has 0 spiro atoms. The largest absolute Gasteiger partial charge is 0.377 e. The first-order chi connectivity index (χ1) is 5.79. The molecular weight excluding hydrogens is 172 g/mol. The maximum atomic E-state index is 5.37. The van der Waals surface area contributed by atoms with Crippen molar-refractivity contribution < 1.29 is 4.74 Å². The van der Waals surface area contributed by atoms with Gasteiger partial charge in [-0.15, -0.1) is 0 Å². The Morgan fingerprint density at radius 3 is 3.08 bits per heavy atom. The fourth-order valence-corrected chi connectivity index (χ4v) is 1.64. The summed E-state index contributed by atoms with van der Waals surface area (Å²) in [4.78, 5) is 2.21. The minimum atomic E-state index is 0.457. The summed E-state index contributed by atoms with van der Waals surface area (Å²) in [5.74, 6) is 0. The minimum absolute atomic E-state index is 0.457. The Kier molecular flexibility index (Phi) is 3.75. The highest BCUT2D eigenvalue weighted by molar-refractivity contribution is 7.80. The number of ether oxygens (including phenoxy) is 1. The van der Waals surface area contributed by atoms with Crippen LogP contribution >= 0.6 is 12.2 Å². The third-order valence-corrected chi connectivity index (χ3v) is 2.61. The Labute approximate surface area is 79.1 Å². The molecule has 1 fully saturated rings. The molecule has 4 heteroatoms. The summed E-state index contributed by atoms with van der Waals surface area (Å²) < 4.78 is 5.37. The lowest BCUT2D eigenvalue weighted by molar-refractivity contribution is 0.0250. The van der Waals surface area contributed by atoms with Crippen molar-refractivity contribution in [1.29, 1.82) is 0 Å². The molecule has 1 unspecified atom stereocenters. The number of nitrogens with zero attached hydrogens (tertiary/aromatic N) is 1. The second kappa shape index (κ2) is 4.62. The summed E-state index contributed by atoms with van der Waals surface area (Å²) >= 11 is 5.18. The van der Waals surface area contributed by atoms with E-state index in [1.54, 1.807) is 0 Å². The topological polar surface area (TPSA) is 24.5 Å². The number of thiocarbonyl (C=S) groups is 1. The fourth-order valence-electron chi connectivity index (χ4n) is 1.40. The van der Waals surface area contributed by atoms with Crippen LogP contribution in [-0.2, 0) is 4.74 Å². The van der Waals surface area contributed by atoms with E-state index in [1.165, 1.54) is 0 Å². The van der Waals surface area contributed by atoms with Gasteiger partial charge in [0.2, 0.25) is 0 Å². The van der Waals surface area contributed by atoms with Gasteiger partial charge in [0.05, 0.1) is 19.3 Å². The Bertz CT molecular complexity index is 163. The average molecular weight is 188 g/mol. The van der Waals surface area contributed by atoms with E-state index in [0.29, 0.717) is 6.04 Å². The van der Waals surface area contributed by atoms with Crippen molar-refractivity contribution in [3.05, 3.63) is 0 Å². The molecule has 1 saturated heterocycles. The smallest absolute Gasteiger partial charge is 0.169 e. The summed E-state index contributed by atoms with van der Waals surface area (Å²) in [6.07, 6.45) is 1.09. The van der Waals surface area contributed by atoms with Crippen LogP contribution < -0.4 is 5.32 Å². The van der Waals surface area contributed by atoms with Crippen LogP contribution in [0.15, 0.2) is 0 Å². The van der Waals surface area contributed by atoms with Crippen molar-refractivity contribution in [2.45, 2.75) is 19.4 Å². The maximum absolute atomic E-state index is 5.37. The van der Waals surface area contributed by atoms with Crippen molar-refractivity contribution >= 4 is 17.3 Å². The zero-order valence-electron chi connectivity index (χ0n) is 7.67. The van der Waals surface area contributed by atoms with Gasteiger partial charge in [-0.25, -0.2) is 0 Å². The van der Waals surface area contributed by atoms with Gasteiger partial charge in [-0.05, 0) is 18.6 Å². The summed E-state index contributed by atoms with van der Waals surface area (Å²) in [6.45, 7) is 4.67. The molecular formula is C8H16N2OS. The molecule has 1 aliphatic heterocycles. The van der Waals surface area contributed by atoms with Crippen LogP contribution in [0.5, 0.6) is 0 Å². The van der Waals surface area contributed by atoms with Gasteiger partial charge in [0.15, 0.2) is 5.11 Å². The Morgan fingerprint density at radius 1 is 1.75 bits per heavy atom. The highest BCUT2D eigenvalue weighted by Crippen LogP contribution is 2.09. The first kappa shape index (κ1) is 9.74. The Morgan fingerprint density at radius 2 is 2.50 bits per heavy atom. The van der Waals surface area contributed by atoms with Gasteiger partial charge in [-0.2, -0.15) is 0 Å². The predicted molar refractivity (Wildman–Crippen MR) is 53.3 cm³/mol. The summed E-state index contributed by atoms with van der Waals surface area (Å²) in [5, 5.41) is 3.84. The molecule has 1 rings (SSSR count). The first-order valence-corrected chi connectivity index (χ1v) is 4.76. The van der Waals surface area contributed by atoms with Gasteiger partial charge in [-0.3, -0.25) is 0 Å². The molecule has 0 amide bonds. The normalized spacial score (nSPS) is 23.8. The molecule has 1 N–H and O–H groups in total. The molecule has 12 heavy (non-hydrogen) atoms. The third-order valence-electron chi connectivity index (χ3n) is 2.17. The molecule has 70 valence electrons. The minimum Gasteiger partial charge on any atom is -0.377 e. The lowest BCUT2D eigenvalue weighted by Crippen LogP contribution is -2.51. The van der Waals surface area contributed by atoms with Gasteiger partial charge in [-0.1, -0.05) is 6.92 Å². The van der Waals surface area contributed by atoms with Crippen LogP contribution in [0.3, 0.4) is 0 Å². The van der Waals surface area contributed by atoms with Crippen LogP contribution in [0, 0.1) is 0 Å². The van der Waals surface area contributed by atoms with E-state index in [1.807, 2.05) is 7.05 Å². The van der Waals surface area contributed by atoms with E-state index in [0.717, 1.165) is 31.3 Å². The highest BCUT2D eigenvalue weighted by Gasteiger charge is 2.22. The van der Waals surface area contributed by atoms with E-state index < -0.39 is 0 Å². The first-order valence-electron chi connectivity index (χ1n) is 4.35. The fraction of sp³-hybridized carbons (Fsp3) is 0.875. The molecule has 1 heterocycles. The van der Waals surface area contributed by atoms with Gasteiger partial charge in [0.25, 0.3) is 0 Å². The maximum Gasteiger partial charge on any atom is 0.169 e. The number of hydrogen-bond donors (Lipinski definition) is 1. The summed E-state index contributed by atoms with van der Waals surface area (Å²) in [6, 6.07) is 0.457. The van der Waals surface area contributed by atoms with Crippen molar-refractivity contribution in [1.82, 2.24) is 10.2 Å². The van der Waals surface area contributed by atoms with Gasteiger partial charge >= 0.3 is 0 Å². The Hall–Kier alpha value is -0.350. The van der Waals surface area contributed by atoms with Crippen LogP contribution in [-0.4, -0.2) is 42.9 Å². The zero-order valence-corrected chi connectivity index (χ0v) is 8.49. The standard InChI is InChI=1S/C8H16N2OS/c1-3-7-6-11-5-4-10(7)8(12)9-2/h7H,3-6H2,1-2H3,(H,9,12). The molecule has 0 radical (unpaired) electrons. The van der Waals surface area contributed by atoms with E-state index in [-0.39, 0.29) is 0 Å².